The fraction of sp³-hybridized carbons (Fsp3) is 0.250. The predicted octanol–water partition coefficient (Wildman–Crippen LogP) is 3.36. The number of nitrogens with zero attached hydrogens (tertiary/aromatic N) is 2. The highest BCUT2D eigenvalue weighted by Crippen LogP contribution is 2.22. The number of hydrogen-bond donors (Lipinski definition) is 1. The van der Waals surface area contributed by atoms with Crippen molar-refractivity contribution < 1.29 is 4.39 Å². The molecule has 90 valence electrons. The van der Waals surface area contributed by atoms with Gasteiger partial charge in [-0.3, -0.25) is 4.57 Å². The molecule has 1 aromatic heterocycles. The third-order valence-corrected chi connectivity index (χ3v) is 3.19. The van der Waals surface area contributed by atoms with Crippen LogP contribution in [0, 0.1) is 16.3 Å². The fourth-order valence-corrected chi connectivity index (χ4v) is 2.38. The number of nitrogens with one attached hydrogen (secondary N) is 1. The van der Waals surface area contributed by atoms with Crippen LogP contribution in [-0.2, 0) is 0 Å². The van der Waals surface area contributed by atoms with E-state index in [9.17, 15) is 4.39 Å². The standard InChI is InChI=1S/C12H13FIN3/c1-3-15-12-16-8(2)7-17(12)11-5-4-9(13)6-10(11)14/h4-7H,3H2,1-2H3,(H,15,16). The minimum absolute atomic E-state index is 0.222. The van der Waals surface area contributed by atoms with Crippen LogP contribution in [0.2, 0.25) is 0 Å². The number of imidazole rings is 1. The molecule has 0 saturated carbocycles. The molecule has 1 heterocycles. The Morgan fingerprint density at radius 1 is 1.47 bits per heavy atom. The maximum Gasteiger partial charge on any atom is 0.207 e. The Morgan fingerprint density at radius 3 is 2.88 bits per heavy atom. The van der Waals surface area contributed by atoms with Crippen molar-refractivity contribution in [2.75, 3.05) is 11.9 Å². The van der Waals surface area contributed by atoms with Crippen LogP contribution >= 0.6 is 22.6 Å². The van der Waals surface area contributed by atoms with E-state index in [1.54, 1.807) is 6.07 Å². The zero-order chi connectivity index (χ0) is 12.4. The molecule has 1 N–H and O–H groups in total. The highest BCUT2D eigenvalue weighted by Gasteiger charge is 2.09. The first-order chi connectivity index (χ1) is 8.11. The highest BCUT2D eigenvalue weighted by atomic mass is 127. The lowest BCUT2D eigenvalue weighted by atomic mass is 10.3. The first-order valence-electron chi connectivity index (χ1n) is 5.37. The van der Waals surface area contributed by atoms with Crippen molar-refractivity contribution in [3.8, 4) is 5.69 Å². The molecule has 2 aromatic rings. The number of halogens is 2. The summed E-state index contributed by atoms with van der Waals surface area (Å²) < 4.78 is 15.9. The average Bonchev–Trinajstić information content (AvgIpc) is 2.60. The number of anilines is 1. The SMILES string of the molecule is CCNc1nc(C)cn1-c1ccc(F)cc1I. The van der Waals surface area contributed by atoms with E-state index in [0.29, 0.717) is 0 Å². The van der Waals surface area contributed by atoms with Gasteiger partial charge in [0.05, 0.1) is 11.4 Å². The Bertz CT molecular complexity index is 537. The topological polar surface area (TPSA) is 29.9 Å². The molecule has 17 heavy (non-hydrogen) atoms. The summed E-state index contributed by atoms with van der Waals surface area (Å²) in [5, 5.41) is 3.19. The number of aromatic nitrogens is 2. The van der Waals surface area contributed by atoms with Crippen molar-refractivity contribution in [2.24, 2.45) is 0 Å². The molecule has 1 aromatic carbocycles. The van der Waals surface area contributed by atoms with Crippen LogP contribution in [0.5, 0.6) is 0 Å². The summed E-state index contributed by atoms with van der Waals surface area (Å²) in [6.45, 7) is 4.76. The van der Waals surface area contributed by atoms with E-state index in [0.717, 1.165) is 27.4 Å². The molecule has 0 amide bonds. The van der Waals surface area contributed by atoms with Gasteiger partial charge in [0, 0.05) is 16.3 Å². The normalized spacial score (nSPS) is 10.6. The van der Waals surface area contributed by atoms with Crippen LogP contribution in [0.15, 0.2) is 24.4 Å². The zero-order valence-corrected chi connectivity index (χ0v) is 11.8. The lowest BCUT2D eigenvalue weighted by molar-refractivity contribution is 0.626. The smallest absolute Gasteiger partial charge is 0.207 e. The minimum atomic E-state index is -0.222. The first kappa shape index (κ1) is 12.3. The number of benzene rings is 1. The van der Waals surface area contributed by atoms with Gasteiger partial charge in [-0.05, 0) is 54.6 Å². The van der Waals surface area contributed by atoms with E-state index in [4.69, 9.17) is 0 Å². The quantitative estimate of drug-likeness (QED) is 0.865. The van der Waals surface area contributed by atoms with Gasteiger partial charge in [0.25, 0.3) is 0 Å². The van der Waals surface area contributed by atoms with Crippen LogP contribution in [0.3, 0.4) is 0 Å². The predicted molar refractivity (Wildman–Crippen MR) is 75.1 cm³/mol. The molecule has 0 unspecified atom stereocenters. The van der Waals surface area contributed by atoms with Crippen LogP contribution in [0.4, 0.5) is 10.3 Å². The molecule has 0 aliphatic rings. The first-order valence-corrected chi connectivity index (χ1v) is 6.45. The molecule has 0 bridgehead atoms. The molecule has 5 heteroatoms. The van der Waals surface area contributed by atoms with Crippen LogP contribution in [0.1, 0.15) is 12.6 Å². The summed E-state index contributed by atoms with van der Waals surface area (Å²) in [5.41, 5.74) is 1.87. The molecule has 0 saturated heterocycles. The molecule has 2 rings (SSSR count). The van der Waals surface area contributed by atoms with Crippen molar-refractivity contribution in [3.63, 3.8) is 0 Å². The molecular weight excluding hydrogens is 332 g/mol. The maximum atomic E-state index is 13.1. The Balaban J connectivity index is 2.51. The van der Waals surface area contributed by atoms with Gasteiger partial charge < -0.3 is 5.32 Å². The molecule has 0 fully saturated rings. The number of aryl methyl sites for hydroxylation is 1. The van der Waals surface area contributed by atoms with Gasteiger partial charge in [-0.2, -0.15) is 0 Å². The van der Waals surface area contributed by atoms with Crippen molar-refractivity contribution >= 4 is 28.5 Å². The lowest BCUT2D eigenvalue weighted by Gasteiger charge is -2.10. The van der Waals surface area contributed by atoms with Crippen molar-refractivity contribution in [3.05, 3.63) is 39.5 Å². The summed E-state index contributed by atoms with van der Waals surface area (Å²) in [6.07, 6.45) is 1.94. The number of rotatable bonds is 3. The van der Waals surface area contributed by atoms with Crippen LogP contribution in [-0.4, -0.2) is 16.1 Å². The molecule has 0 radical (unpaired) electrons. The van der Waals surface area contributed by atoms with Gasteiger partial charge in [0.1, 0.15) is 5.82 Å². The van der Waals surface area contributed by atoms with Crippen molar-refractivity contribution in [2.45, 2.75) is 13.8 Å². The Labute approximate surface area is 113 Å². The lowest BCUT2D eigenvalue weighted by Crippen LogP contribution is -2.06. The molecule has 0 aliphatic carbocycles. The third kappa shape index (κ3) is 2.59. The second-order valence-corrected chi connectivity index (χ2v) is 4.86. The van der Waals surface area contributed by atoms with Crippen molar-refractivity contribution in [1.82, 2.24) is 9.55 Å². The minimum Gasteiger partial charge on any atom is -0.356 e. The summed E-state index contributed by atoms with van der Waals surface area (Å²) >= 11 is 2.13. The van der Waals surface area contributed by atoms with E-state index in [1.807, 2.05) is 24.6 Å². The Hall–Kier alpha value is -1.11. The van der Waals surface area contributed by atoms with Gasteiger partial charge in [0.2, 0.25) is 5.95 Å². The summed E-state index contributed by atoms with van der Waals surface area (Å²) in [5.74, 6) is 0.564. The average molecular weight is 345 g/mol. The van der Waals surface area contributed by atoms with E-state index < -0.39 is 0 Å². The van der Waals surface area contributed by atoms with Gasteiger partial charge in [-0.25, -0.2) is 9.37 Å². The second-order valence-electron chi connectivity index (χ2n) is 3.70. The van der Waals surface area contributed by atoms with Crippen LogP contribution < -0.4 is 5.32 Å². The molecular formula is C12H13FIN3. The van der Waals surface area contributed by atoms with E-state index in [-0.39, 0.29) is 5.82 Å². The zero-order valence-electron chi connectivity index (χ0n) is 9.67. The summed E-state index contributed by atoms with van der Waals surface area (Å²) in [7, 11) is 0. The second kappa shape index (κ2) is 5.03. The molecule has 0 spiro atoms. The van der Waals surface area contributed by atoms with E-state index in [1.165, 1.54) is 12.1 Å². The summed E-state index contributed by atoms with van der Waals surface area (Å²) in [6, 6.07) is 4.74. The molecule has 0 atom stereocenters. The van der Waals surface area contributed by atoms with Gasteiger partial charge >= 0.3 is 0 Å². The van der Waals surface area contributed by atoms with Crippen LogP contribution in [0.25, 0.3) is 5.69 Å². The largest absolute Gasteiger partial charge is 0.356 e. The van der Waals surface area contributed by atoms with E-state index >= 15 is 0 Å². The summed E-state index contributed by atoms with van der Waals surface area (Å²) in [4.78, 5) is 4.40. The fourth-order valence-electron chi connectivity index (χ4n) is 1.64. The Kier molecular flexibility index (Phi) is 3.66. The number of hydrogen-bond acceptors (Lipinski definition) is 2. The van der Waals surface area contributed by atoms with Gasteiger partial charge in [0.15, 0.2) is 0 Å². The molecule has 0 aliphatic heterocycles. The van der Waals surface area contributed by atoms with Gasteiger partial charge in [-0.15, -0.1) is 0 Å². The van der Waals surface area contributed by atoms with E-state index in [2.05, 4.69) is 32.9 Å². The molecule has 3 nitrogen and oxygen atoms in total. The van der Waals surface area contributed by atoms with Gasteiger partial charge in [-0.1, -0.05) is 0 Å². The maximum absolute atomic E-state index is 13.1. The van der Waals surface area contributed by atoms with Crippen molar-refractivity contribution in [1.29, 1.82) is 0 Å². The Morgan fingerprint density at radius 2 is 2.24 bits per heavy atom. The third-order valence-electron chi connectivity index (χ3n) is 2.33. The highest BCUT2D eigenvalue weighted by molar-refractivity contribution is 14.1. The monoisotopic (exact) mass is 345 g/mol.